The quantitative estimate of drug-likeness (QED) is 0.883. The van der Waals surface area contributed by atoms with E-state index in [0.717, 1.165) is 12.0 Å². The highest BCUT2D eigenvalue weighted by Gasteiger charge is 2.41. The van der Waals surface area contributed by atoms with Crippen LogP contribution in [0.3, 0.4) is 0 Å². The Hall–Kier alpha value is -1.85. The van der Waals surface area contributed by atoms with E-state index in [9.17, 15) is 9.59 Å². The van der Waals surface area contributed by atoms with E-state index in [2.05, 4.69) is 10.4 Å². The minimum atomic E-state index is -0.408. The van der Waals surface area contributed by atoms with E-state index in [1.54, 1.807) is 15.8 Å². The molecule has 1 saturated heterocycles. The molecule has 2 rings (SSSR count). The zero-order valence-corrected chi connectivity index (χ0v) is 13.2. The van der Waals surface area contributed by atoms with Crippen LogP contribution < -0.4 is 5.32 Å². The number of piperazine rings is 1. The molecule has 21 heavy (non-hydrogen) atoms. The maximum Gasteiger partial charge on any atom is 0.246 e. The van der Waals surface area contributed by atoms with Gasteiger partial charge in [-0.25, -0.2) is 0 Å². The molecule has 1 fully saturated rings. The lowest BCUT2D eigenvalue weighted by molar-refractivity contribution is -0.152. The number of hydrogen-bond donors (Lipinski definition) is 1. The first-order valence-corrected chi connectivity index (χ1v) is 7.56. The third kappa shape index (κ3) is 3.09. The molecule has 6 nitrogen and oxygen atoms in total. The molecule has 0 spiro atoms. The van der Waals surface area contributed by atoms with Gasteiger partial charge in [0.2, 0.25) is 11.8 Å². The average molecular weight is 292 g/mol. The molecule has 2 heterocycles. The number of hydrogen-bond acceptors (Lipinski definition) is 3. The Morgan fingerprint density at radius 3 is 2.62 bits per heavy atom. The van der Waals surface area contributed by atoms with Crippen molar-refractivity contribution < 1.29 is 9.59 Å². The molecule has 6 heteroatoms. The molecule has 1 aromatic heterocycles. The van der Waals surface area contributed by atoms with Crippen LogP contribution in [0.5, 0.6) is 0 Å². The second-order valence-electron chi connectivity index (χ2n) is 5.79. The second-order valence-corrected chi connectivity index (χ2v) is 5.79. The number of rotatable bonds is 5. The normalized spacial score (nSPS) is 24.1. The smallest absolute Gasteiger partial charge is 0.246 e. The maximum absolute atomic E-state index is 12.6. The van der Waals surface area contributed by atoms with Crippen molar-refractivity contribution >= 4 is 11.8 Å². The van der Waals surface area contributed by atoms with E-state index in [0.29, 0.717) is 13.0 Å². The van der Waals surface area contributed by atoms with Gasteiger partial charge in [0.25, 0.3) is 0 Å². The molecule has 116 valence electrons. The van der Waals surface area contributed by atoms with E-state index in [-0.39, 0.29) is 17.7 Å². The summed E-state index contributed by atoms with van der Waals surface area (Å²) in [6.45, 7) is 6.40. The Labute approximate surface area is 125 Å². The van der Waals surface area contributed by atoms with E-state index in [4.69, 9.17) is 0 Å². The Morgan fingerprint density at radius 1 is 1.38 bits per heavy atom. The van der Waals surface area contributed by atoms with Gasteiger partial charge in [-0.15, -0.1) is 0 Å². The zero-order valence-electron chi connectivity index (χ0n) is 13.2. The van der Waals surface area contributed by atoms with Crippen LogP contribution in [0.25, 0.3) is 0 Å². The summed E-state index contributed by atoms with van der Waals surface area (Å²) in [7, 11) is 1.84. The molecule has 0 radical (unpaired) electrons. The molecule has 0 bridgehead atoms. The van der Waals surface area contributed by atoms with Crippen LogP contribution in [0, 0.1) is 5.92 Å². The van der Waals surface area contributed by atoms with Crippen LogP contribution in [0.15, 0.2) is 12.4 Å². The molecule has 2 amide bonds. The number of aryl methyl sites for hydroxylation is 1. The molecule has 3 unspecified atom stereocenters. The van der Waals surface area contributed by atoms with Crippen LogP contribution in [0.4, 0.5) is 0 Å². The summed E-state index contributed by atoms with van der Waals surface area (Å²) in [6.07, 6.45) is 5.09. The van der Waals surface area contributed by atoms with Crippen LogP contribution >= 0.6 is 0 Å². The van der Waals surface area contributed by atoms with Crippen molar-refractivity contribution in [2.45, 2.75) is 52.2 Å². The Morgan fingerprint density at radius 2 is 2.10 bits per heavy atom. The topological polar surface area (TPSA) is 67.2 Å². The number of carbonyl (C=O) groups excluding carboxylic acids is 2. The Balaban J connectivity index is 2.28. The van der Waals surface area contributed by atoms with Gasteiger partial charge in [-0.1, -0.05) is 27.2 Å². The molecule has 0 saturated carbocycles. The molecular weight excluding hydrogens is 268 g/mol. The SMILES string of the molecule is CCC1NC(=O)C(C(C)CC)N(Cc2cnn(C)c2)C1=O. The monoisotopic (exact) mass is 292 g/mol. The molecular formula is C15H24N4O2. The predicted molar refractivity (Wildman–Crippen MR) is 79.2 cm³/mol. The second kappa shape index (κ2) is 6.28. The van der Waals surface area contributed by atoms with Crippen LogP contribution in [-0.2, 0) is 23.2 Å². The van der Waals surface area contributed by atoms with Crippen LogP contribution in [0.2, 0.25) is 0 Å². The number of aromatic nitrogens is 2. The summed E-state index contributed by atoms with van der Waals surface area (Å²) in [5.41, 5.74) is 0.948. The van der Waals surface area contributed by atoms with E-state index in [1.807, 2.05) is 34.0 Å². The van der Waals surface area contributed by atoms with Gasteiger partial charge in [0.05, 0.1) is 6.20 Å². The first-order valence-electron chi connectivity index (χ1n) is 7.56. The third-order valence-electron chi connectivity index (χ3n) is 4.20. The van der Waals surface area contributed by atoms with Crippen molar-refractivity contribution in [3.05, 3.63) is 18.0 Å². The maximum atomic E-state index is 12.6. The van der Waals surface area contributed by atoms with Gasteiger partial charge in [-0.05, 0) is 12.3 Å². The molecule has 1 N–H and O–H groups in total. The van der Waals surface area contributed by atoms with Crippen LogP contribution in [-0.4, -0.2) is 38.6 Å². The minimum Gasteiger partial charge on any atom is -0.343 e. The van der Waals surface area contributed by atoms with Crippen molar-refractivity contribution in [3.8, 4) is 0 Å². The lowest BCUT2D eigenvalue weighted by Crippen LogP contribution is -2.64. The van der Waals surface area contributed by atoms with Gasteiger partial charge >= 0.3 is 0 Å². The highest BCUT2D eigenvalue weighted by atomic mass is 16.2. The highest BCUT2D eigenvalue weighted by Crippen LogP contribution is 2.23. The predicted octanol–water partition coefficient (Wildman–Crippen LogP) is 1.07. The van der Waals surface area contributed by atoms with E-state index < -0.39 is 12.1 Å². The van der Waals surface area contributed by atoms with Gasteiger partial charge in [-0.3, -0.25) is 14.3 Å². The number of amides is 2. The van der Waals surface area contributed by atoms with Crippen molar-refractivity contribution in [2.24, 2.45) is 13.0 Å². The lowest BCUT2D eigenvalue weighted by atomic mass is 9.92. The van der Waals surface area contributed by atoms with Gasteiger partial charge in [-0.2, -0.15) is 5.10 Å². The summed E-state index contributed by atoms with van der Waals surface area (Å²) in [4.78, 5) is 26.7. The molecule has 1 aromatic rings. The first kappa shape index (κ1) is 15.5. The minimum absolute atomic E-state index is 0.00579. The van der Waals surface area contributed by atoms with Gasteiger partial charge < -0.3 is 10.2 Å². The summed E-state index contributed by atoms with van der Waals surface area (Å²) in [6, 6.07) is -0.806. The standard InChI is InChI=1S/C15H24N4O2/c1-5-10(3)13-14(20)17-12(6-2)15(21)19(13)9-11-7-16-18(4)8-11/h7-8,10,12-13H,5-6,9H2,1-4H3,(H,17,20). The fourth-order valence-electron chi connectivity index (χ4n) is 2.79. The van der Waals surface area contributed by atoms with Gasteiger partial charge in [0.15, 0.2) is 0 Å². The lowest BCUT2D eigenvalue weighted by Gasteiger charge is -2.41. The van der Waals surface area contributed by atoms with Gasteiger partial charge in [0.1, 0.15) is 12.1 Å². The number of carbonyl (C=O) groups is 2. The fraction of sp³-hybridized carbons (Fsp3) is 0.667. The molecule has 0 aliphatic carbocycles. The number of nitrogens with one attached hydrogen (secondary N) is 1. The summed E-state index contributed by atoms with van der Waals surface area (Å²) in [5, 5.41) is 6.98. The van der Waals surface area contributed by atoms with Crippen molar-refractivity contribution in [1.29, 1.82) is 0 Å². The molecule has 1 aliphatic rings. The fourth-order valence-corrected chi connectivity index (χ4v) is 2.79. The van der Waals surface area contributed by atoms with Crippen LogP contribution in [0.1, 0.15) is 39.2 Å². The zero-order chi connectivity index (χ0) is 15.6. The van der Waals surface area contributed by atoms with E-state index in [1.165, 1.54) is 0 Å². The van der Waals surface area contributed by atoms with Gasteiger partial charge in [0, 0.05) is 25.4 Å². The average Bonchev–Trinajstić information content (AvgIpc) is 2.87. The van der Waals surface area contributed by atoms with Crippen molar-refractivity contribution in [1.82, 2.24) is 20.0 Å². The third-order valence-corrected chi connectivity index (χ3v) is 4.20. The molecule has 0 aromatic carbocycles. The number of nitrogens with zero attached hydrogens (tertiary/aromatic N) is 3. The van der Waals surface area contributed by atoms with E-state index >= 15 is 0 Å². The largest absolute Gasteiger partial charge is 0.343 e. The Bertz CT molecular complexity index is 525. The summed E-state index contributed by atoms with van der Waals surface area (Å²) >= 11 is 0. The highest BCUT2D eigenvalue weighted by molar-refractivity contribution is 5.97. The molecule has 3 atom stereocenters. The molecule has 1 aliphatic heterocycles. The van der Waals surface area contributed by atoms with Crippen molar-refractivity contribution in [2.75, 3.05) is 0 Å². The Kier molecular flexibility index (Phi) is 4.65. The van der Waals surface area contributed by atoms with Crippen molar-refractivity contribution in [3.63, 3.8) is 0 Å². The summed E-state index contributed by atoms with van der Waals surface area (Å²) in [5.74, 6) is 0.0920. The first-order chi connectivity index (χ1) is 9.97. The summed E-state index contributed by atoms with van der Waals surface area (Å²) < 4.78 is 1.71.